The molecule has 10 nitrogen and oxygen atoms in total. The van der Waals surface area contributed by atoms with Crippen LogP contribution in [0.15, 0.2) is 28.8 Å². The maximum atomic E-state index is 11.0. The standard InChI is InChI=1S/C27H37N5O5/c1-7-18-10-19(8-16(4)24(18)36-14-21(33)12-22(34)25(28)35)26-30-27(37-31-26)20-9-17(5)29-23(11-20)32(6)13-15(2)3/h8-11,15,21-22,33-34H,7,12-14H2,1-6H3,(H2,28,35)/t21-,22?/m0/s1. The minimum atomic E-state index is -1.42. The van der Waals surface area contributed by atoms with Gasteiger partial charge in [0, 0.05) is 36.8 Å². The third-order valence-corrected chi connectivity index (χ3v) is 5.88. The van der Waals surface area contributed by atoms with E-state index in [9.17, 15) is 15.0 Å². The summed E-state index contributed by atoms with van der Waals surface area (Å²) >= 11 is 0. The Morgan fingerprint density at radius 1 is 1.14 bits per heavy atom. The van der Waals surface area contributed by atoms with Crippen LogP contribution in [0.25, 0.3) is 22.8 Å². The molecule has 0 saturated heterocycles. The lowest BCUT2D eigenvalue weighted by Crippen LogP contribution is -2.33. The van der Waals surface area contributed by atoms with Crippen molar-refractivity contribution in [2.45, 2.75) is 59.7 Å². The zero-order valence-electron chi connectivity index (χ0n) is 22.4. The monoisotopic (exact) mass is 511 g/mol. The molecule has 0 aliphatic carbocycles. The van der Waals surface area contributed by atoms with E-state index >= 15 is 0 Å². The number of aromatic nitrogens is 3. The van der Waals surface area contributed by atoms with Gasteiger partial charge < -0.3 is 30.1 Å². The van der Waals surface area contributed by atoms with Crippen LogP contribution in [0.1, 0.15) is 44.0 Å². The van der Waals surface area contributed by atoms with E-state index in [1.165, 1.54) is 0 Å². The molecule has 0 spiro atoms. The van der Waals surface area contributed by atoms with Gasteiger partial charge in [-0.15, -0.1) is 0 Å². The SMILES string of the molecule is CCc1cc(-c2noc(-c3cc(C)nc(N(C)CC(C)C)c3)n2)cc(C)c1OC[C@@H](O)CC(O)C(N)=O. The fourth-order valence-electron chi connectivity index (χ4n) is 4.14. The van der Waals surface area contributed by atoms with Gasteiger partial charge in [-0.05, 0) is 61.6 Å². The fraction of sp³-hybridized carbons (Fsp3) is 0.481. The molecule has 2 heterocycles. The number of ether oxygens (including phenoxy) is 1. The van der Waals surface area contributed by atoms with Crippen LogP contribution >= 0.6 is 0 Å². The lowest BCUT2D eigenvalue weighted by Gasteiger charge is -2.21. The normalized spacial score (nSPS) is 13.0. The smallest absolute Gasteiger partial charge is 0.258 e. The summed E-state index contributed by atoms with van der Waals surface area (Å²) < 4.78 is 11.5. The quantitative estimate of drug-likeness (QED) is 0.334. The van der Waals surface area contributed by atoms with Gasteiger partial charge in [0.2, 0.25) is 11.7 Å². The minimum absolute atomic E-state index is 0.0845. The van der Waals surface area contributed by atoms with E-state index in [2.05, 4.69) is 33.9 Å². The molecular formula is C27H37N5O5. The molecular weight excluding hydrogens is 474 g/mol. The average molecular weight is 512 g/mol. The van der Waals surface area contributed by atoms with E-state index in [1.807, 2.05) is 52.1 Å². The van der Waals surface area contributed by atoms with Crippen LogP contribution in [-0.4, -0.2) is 63.7 Å². The molecule has 2 atom stereocenters. The molecule has 3 aromatic rings. The van der Waals surface area contributed by atoms with Crippen molar-refractivity contribution in [2.75, 3.05) is 25.1 Å². The Bertz CT molecular complexity index is 1230. The second-order valence-corrected chi connectivity index (χ2v) is 9.81. The molecule has 0 aliphatic rings. The van der Waals surface area contributed by atoms with Crippen LogP contribution in [0, 0.1) is 19.8 Å². The number of primary amides is 1. The Kier molecular flexibility index (Phi) is 9.23. The predicted molar refractivity (Wildman–Crippen MR) is 141 cm³/mol. The summed E-state index contributed by atoms with van der Waals surface area (Å²) in [5.41, 5.74) is 9.23. The van der Waals surface area contributed by atoms with Crippen LogP contribution < -0.4 is 15.4 Å². The van der Waals surface area contributed by atoms with Gasteiger partial charge in [-0.3, -0.25) is 4.79 Å². The van der Waals surface area contributed by atoms with Crippen LogP contribution in [0.5, 0.6) is 5.75 Å². The summed E-state index contributed by atoms with van der Waals surface area (Å²) in [5.74, 6) is 1.96. The zero-order valence-corrected chi connectivity index (χ0v) is 22.4. The van der Waals surface area contributed by atoms with Gasteiger partial charge in [0.25, 0.3) is 5.89 Å². The highest BCUT2D eigenvalue weighted by Crippen LogP contribution is 2.32. The van der Waals surface area contributed by atoms with Crippen LogP contribution in [0.4, 0.5) is 5.82 Å². The Morgan fingerprint density at radius 3 is 2.51 bits per heavy atom. The first kappa shape index (κ1) is 28.1. The number of aliphatic hydroxyl groups excluding tert-OH is 2. The number of pyridine rings is 1. The van der Waals surface area contributed by atoms with Crippen molar-refractivity contribution >= 4 is 11.7 Å². The molecule has 200 valence electrons. The number of aryl methyl sites for hydroxylation is 3. The van der Waals surface area contributed by atoms with Crippen molar-refractivity contribution in [2.24, 2.45) is 11.7 Å². The molecule has 4 N–H and O–H groups in total. The maximum absolute atomic E-state index is 11.0. The van der Waals surface area contributed by atoms with E-state index in [1.54, 1.807) is 0 Å². The van der Waals surface area contributed by atoms with Crippen molar-refractivity contribution in [1.29, 1.82) is 0 Å². The van der Waals surface area contributed by atoms with Gasteiger partial charge >= 0.3 is 0 Å². The molecule has 10 heteroatoms. The van der Waals surface area contributed by atoms with E-state index in [-0.39, 0.29) is 13.0 Å². The molecule has 1 amide bonds. The van der Waals surface area contributed by atoms with Gasteiger partial charge in [-0.2, -0.15) is 4.98 Å². The Labute approximate surface area is 217 Å². The molecule has 2 aromatic heterocycles. The summed E-state index contributed by atoms with van der Waals surface area (Å²) in [6, 6.07) is 7.70. The fourth-order valence-corrected chi connectivity index (χ4v) is 4.14. The van der Waals surface area contributed by atoms with Crippen LogP contribution in [0.3, 0.4) is 0 Å². The lowest BCUT2D eigenvalue weighted by molar-refractivity contribution is -0.127. The molecule has 0 aliphatic heterocycles. The second kappa shape index (κ2) is 12.2. The number of hydrogen-bond donors (Lipinski definition) is 3. The first-order valence-corrected chi connectivity index (χ1v) is 12.4. The Balaban J connectivity index is 1.82. The van der Waals surface area contributed by atoms with Gasteiger partial charge in [-0.1, -0.05) is 25.9 Å². The number of rotatable bonds is 12. The van der Waals surface area contributed by atoms with Crippen molar-refractivity contribution in [3.05, 3.63) is 41.1 Å². The highest BCUT2D eigenvalue weighted by molar-refractivity contribution is 5.78. The number of carbonyl (C=O) groups is 1. The molecule has 0 saturated carbocycles. The Morgan fingerprint density at radius 2 is 1.86 bits per heavy atom. The minimum Gasteiger partial charge on any atom is -0.490 e. The predicted octanol–water partition coefficient (Wildman–Crippen LogP) is 3.05. The van der Waals surface area contributed by atoms with Crippen molar-refractivity contribution in [1.82, 2.24) is 15.1 Å². The molecule has 0 radical (unpaired) electrons. The topological polar surface area (TPSA) is 148 Å². The van der Waals surface area contributed by atoms with E-state index in [4.69, 9.17) is 15.0 Å². The number of nitrogens with two attached hydrogens (primary N) is 1. The summed E-state index contributed by atoms with van der Waals surface area (Å²) in [4.78, 5) is 22.4. The number of anilines is 1. The Hall–Kier alpha value is -3.50. The highest BCUT2D eigenvalue weighted by atomic mass is 16.5. The number of aliphatic hydroxyl groups is 2. The maximum Gasteiger partial charge on any atom is 0.258 e. The number of nitrogens with zero attached hydrogens (tertiary/aromatic N) is 4. The number of hydrogen-bond acceptors (Lipinski definition) is 9. The number of carbonyl (C=O) groups excluding carboxylic acids is 1. The van der Waals surface area contributed by atoms with Crippen molar-refractivity contribution < 1.29 is 24.3 Å². The molecule has 1 aromatic carbocycles. The second-order valence-electron chi connectivity index (χ2n) is 9.81. The largest absolute Gasteiger partial charge is 0.490 e. The number of amides is 1. The first-order chi connectivity index (χ1) is 17.5. The van der Waals surface area contributed by atoms with E-state index < -0.39 is 18.1 Å². The third-order valence-electron chi connectivity index (χ3n) is 5.88. The first-order valence-electron chi connectivity index (χ1n) is 12.4. The summed E-state index contributed by atoms with van der Waals surface area (Å²) in [6.45, 7) is 10.9. The number of benzene rings is 1. The summed E-state index contributed by atoms with van der Waals surface area (Å²) in [6.07, 6.45) is -1.98. The third kappa shape index (κ3) is 7.27. The van der Waals surface area contributed by atoms with Crippen LogP contribution in [0.2, 0.25) is 0 Å². The van der Waals surface area contributed by atoms with Gasteiger partial charge in [0.05, 0.1) is 6.10 Å². The molecule has 1 unspecified atom stereocenters. The highest BCUT2D eigenvalue weighted by Gasteiger charge is 2.20. The van der Waals surface area contributed by atoms with Crippen LogP contribution in [-0.2, 0) is 11.2 Å². The van der Waals surface area contributed by atoms with E-state index in [0.29, 0.717) is 29.8 Å². The van der Waals surface area contributed by atoms with Crippen molar-refractivity contribution in [3.8, 4) is 28.6 Å². The average Bonchev–Trinajstić information content (AvgIpc) is 3.32. The zero-order chi connectivity index (χ0) is 27.3. The lowest BCUT2D eigenvalue weighted by atomic mass is 10.0. The van der Waals surface area contributed by atoms with E-state index in [0.717, 1.165) is 40.3 Å². The summed E-state index contributed by atoms with van der Waals surface area (Å²) in [5, 5.41) is 23.9. The van der Waals surface area contributed by atoms with Crippen molar-refractivity contribution in [3.63, 3.8) is 0 Å². The van der Waals surface area contributed by atoms with Gasteiger partial charge in [0.1, 0.15) is 24.3 Å². The molecule has 3 rings (SSSR count). The molecule has 0 fully saturated rings. The summed E-state index contributed by atoms with van der Waals surface area (Å²) in [7, 11) is 2.02. The van der Waals surface area contributed by atoms with Gasteiger partial charge in [-0.25, -0.2) is 4.98 Å². The molecule has 0 bridgehead atoms. The van der Waals surface area contributed by atoms with Gasteiger partial charge in [0.15, 0.2) is 0 Å². The molecule has 37 heavy (non-hydrogen) atoms.